The number of rotatable bonds is 5. The second-order valence-corrected chi connectivity index (χ2v) is 4.74. The van der Waals surface area contributed by atoms with Crippen molar-refractivity contribution in [2.45, 2.75) is 46.7 Å². The standard InChI is InChI=1S/C12H21N3O2/c1-7(2)10(6-13)12(17)15-9(5)11(16)14-8(3)4/h7-10H,1-5H3,(H,14,16)(H,15,17). The molecule has 2 atom stereocenters. The Morgan fingerprint density at radius 1 is 1.00 bits per heavy atom. The van der Waals surface area contributed by atoms with Crippen molar-refractivity contribution in [3.63, 3.8) is 0 Å². The second kappa shape index (κ2) is 6.89. The molecule has 0 saturated heterocycles. The van der Waals surface area contributed by atoms with Crippen molar-refractivity contribution < 1.29 is 9.59 Å². The van der Waals surface area contributed by atoms with Crippen molar-refractivity contribution in [3.8, 4) is 6.07 Å². The molecule has 0 radical (unpaired) electrons. The van der Waals surface area contributed by atoms with E-state index in [1.807, 2.05) is 19.9 Å². The lowest BCUT2D eigenvalue weighted by Gasteiger charge is -2.19. The van der Waals surface area contributed by atoms with E-state index in [0.717, 1.165) is 0 Å². The van der Waals surface area contributed by atoms with Gasteiger partial charge in [-0.2, -0.15) is 5.26 Å². The van der Waals surface area contributed by atoms with E-state index in [1.54, 1.807) is 20.8 Å². The molecule has 0 aromatic carbocycles. The van der Waals surface area contributed by atoms with Gasteiger partial charge in [-0.25, -0.2) is 0 Å². The fraction of sp³-hybridized carbons (Fsp3) is 0.750. The molecule has 96 valence electrons. The SMILES string of the molecule is CC(C)NC(=O)C(C)NC(=O)C(C#N)C(C)C. The van der Waals surface area contributed by atoms with Gasteiger partial charge in [0.1, 0.15) is 12.0 Å². The molecular formula is C12H21N3O2. The Kier molecular flexibility index (Phi) is 6.26. The van der Waals surface area contributed by atoms with Crippen LogP contribution in [0, 0.1) is 23.2 Å². The van der Waals surface area contributed by atoms with E-state index in [-0.39, 0.29) is 17.9 Å². The average molecular weight is 239 g/mol. The first-order valence-electron chi connectivity index (χ1n) is 5.80. The van der Waals surface area contributed by atoms with Gasteiger partial charge >= 0.3 is 0 Å². The molecule has 0 aromatic heterocycles. The monoisotopic (exact) mass is 239 g/mol. The summed E-state index contributed by atoms with van der Waals surface area (Å²) in [5.41, 5.74) is 0. The number of hydrogen-bond donors (Lipinski definition) is 2. The van der Waals surface area contributed by atoms with Crippen molar-refractivity contribution >= 4 is 11.8 Å². The van der Waals surface area contributed by atoms with Crippen molar-refractivity contribution in [2.75, 3.05) is 0 Å². The topological polar surface area (TPSA) is 82.0 Å². The van der Waals surface area contributed by atoms with E-state index < -0.39 is 17.9 Å². The normalized spacial score (nSPS) is 14.0. The molecule has 5 nitrogen and oxygen atoms in total. The number of nitrogens with zero attached hydrogens (tertiary/aromatic N) is 1. The quantitative estimate of drug-likeness (QED) is 0.745. The molecule has 0 spiro atoms. The van der Waals surface area contributed by atoms with Crippen molar-refractivity contribution in [1.29, 1.82) is 5.26 Å². The minimum Gasteiger partial charge on any atom is -0.352 e. The summed E-state index contributed by atoms with van der Waals surface area (Å²) in [6, 6.07) is 1.34. The predicted molar refractivity (Wildman–Crippen MR) is 64.8 cm³/mol. The molecule has 0 heterocycles. The van der Waals surface area contributed by atoms with E-state index in [9.17, 15) is 9.59 Å². The molecule has 17 heavy (non-hydrogen) atoms. The zero-order valence-corrected chi connectivity index (χ0v) is 11.1. The maximum absolute atomic E-state index is 11.7. The number of carbonyl (C=O) groups excluding carboxylic acids is 2. The van der Waals surface area contributed by atoms with Gasteiger partial charge in [-0.05, 0) is 26.7 Å². The lowest BCUT2D eigenvalue weighted by Crippen LogP contribution is -2.48. The third-order valence-electron chi connectivity index (χ3n) is 2.27. The summed E-state index contributed by atoms with van der Waals surface area (Å²) in [6.07, 6.45) is 0. The van der Waals surface area contributed by atoms with Crippen LogP contribution in [0.5, 0.6) is 0 Å². The van der Waals surface area contributed by atoms with E-state index >= 15 is 0 Å². The van der Waals surface area contributed by atoms with Crippen LogP contribution in [-0.2, 0) is 9.59 Å². The van der Waals surface area contributed by atoms with Crippen LogP contribution >= 0.6 is 0 Å². The number of nitrogens with one attached hydrogen (secondary N) is 2. The van der Waals surface area contributed by atoms with Crippen molar-refractivity contribution in [2.24, 2.45) is 11.8 Å². The van der Waals surface area contributed by atoms with Crippen LogP contribution in [0.1, 0.15) is 34.6 Å². The molecule has 0 bridgehead atoms. The molecular weight excluding hydrogens is 218 g/mol. The first-order chi connectivity index (χ1) is 7.79. The molecule has 0 fully saturated rings. The molecule has 2 unspecified atom stereocenters. The van der Waals surface area contributed by atoms with Gasteiger partial charge in [-0.3, -0.25) is 9.59 Å². The zero-order valence-electron chi connectivity index (χ0n) is 11.1. The minimum absolute atomic E-state index is 0.0266. The molecule has 0 aliphatic carbocycles. The summed E-state index contributed by atoms with van der Waals surface area (Å²) in [5, 5.41) is 14.1. The highest BCUT2D eigenvalue weighted by atomic mass is 16.2. The molecule has 0 saturated carbocycles. The number of carbonyl (C=O) groups is 2. The van der Waals surface area contributed by atoms with Crippen LogP contribution in [0.25, 0.3) is 0 Å². The van der Waals surface area contributed by atoms with Crippen LogP contribution < -0.4 is 10.6 Å². The van der Waals surface area contributed by atoms with Crippen molar-refractivity contribution in [1.82, 2.24) is 10.6 Å². The summed E-state index contributed by atoms with van der Waals surface area (Å²) in [4.78, 5) is 23.3. The van der Waals surface area contributed by atoms with Gasteiger partial charge in [-0.15, -0.1) is 0 Å². The Balaban J connectivity index is 4.39. The van der Waals surface area contributed by atoms with Gasteiger partial charge in [-0.1, -0.05) is 13.8 Å². The number of nitriles is 1. The molecule has 5 heteroatoms. The van der Waals surface area contributed by atoms with Crippen LogP contribution in [0.4, 0.5) is 0 Å². The van der Waals surface area contributed by atoms with Crippen LogP contribution in [0.2, 0.25) is 0 Å². The van der Waals surface area contributed by atoms with Crippen molar-refractivity contribution in [3.05, 3.63) is 0 Å². The Labute approximate surface area is 103 Å². The average Bonchev–Trinajstić information content (AvgIpc) is 2.16. The highest BCUT2D eigenvalue weighted by molar-refractivity contribution is 5.89. The van der Waals surface area contributed by atoms with Gasteiger partial charge < -0.3 is 10.6 Å². The second-order valence-electron chi connectivity index (χ2n) is 4.74. The predicted octanol–water partition coefficient (Wildman–Crippen LogP) is 0.811. The molecule has 2 amide bonds. The van der Waals surface area contributed by atoms with Crippen LogP contribution in [0.15, 0.2) is 0 Å². The van der Waals surface area contributed by atoms with E-state index in [0.29, 0.717) is 0 Å². The van der Waals surface area contributed by atoms with E-state index in [2.05, 4.69) is 10.6 Å². The highest BCUT2D eigenvalue weighted by Crippen LogP contribution is 2.09. The molecule has 0 rings (SSSR count). The fourth-order valence-electron chi connectivity index (χ4n) is 1.29. The largest absolute Gasteiger partial charge is 0.352 e. The Morgan fingerprint density at radius 2 is 1.53 bits per heavy atom. The van der Waals surface area contributed by atoms with Gasteiger partial charge in [0, 0.05) is 6.04 Å². The molecule has 2 N–H and O–H groups in total. The Morgan fingerprint density at radius 3 is 1.88 bits per heavy atom. The fourth-order valence-corrected chi connectivity index (χ4v) is 1.29. The van der Waals surface area contributed by atoms with E-state index in [4.69, 9.17) is 5.26 Å². The van der Waals surface area contributed by atoms with Gasteiger partial charge in [0.2, 0.25) is 11.8 Å². The first kappa shape index (κ1) is 15.4. The third-order valence-corrected chi connectivity index (χ3v) is 2.27. The van der Waals surface area contributed by atoms with Gasteiger partial charge in [0.05, 0.1) is 6.07 Å². The first-order valence-corrected chi connectivity index (χ1v) is 5.80. The highest BCUT2D eigenvalue weighted by Gasteiger charge is 2.25. The zero-order chi connectivity index (χ0) is 13.6. The smallest absolute Gasteiger partial charge is 0.242 e. The lowest BCUT2D eigenvalue weighted by molar-refractivity contribution is -0.130. The Bertz CT molecular complexity index is 318. The minimum atomic E-state index is -0.718. The maximum Gasteiger partial charge on any atom is 0.242 e. The van der Waals surface area contributed by atoms with Crippen LogP contribution in [0.3, 0.4) is 0 Å². The summed E-state index contributed by atoms with van der Waals surface area (Å²) in [5.74, 6) is -1.42. The van der Waals surface area contributed by atoms with E-state index in [1.165, 1.54) is 0 Å². The van der Waals surface area contributed by atoms with Crippen LogP contribution in [-0.4, -0.2) is 23.9 Å². The maximum atomic E-state index is 11.7. The summed E-state index contributed by atoms with van der Waals surface area (Å²) >= 11 is 0. The van der Waals surface area contributed by atoms with Gasteiger partial charge in [0.25, 0.3) is 0 Å². The summed E-state index contributed by atoms with van der Waals surface area (Å²) in [6.45, 7) is 8.89. The molecule has 0 aliphatic rings. The summed E-state index contributed by atoms with van der Waals surface area (Å²) in [7, 11) is 0. The number of amides is 2. The Hall–Kier alpha value is -1.57. The third kappa shape index (κ3) is 5.34. The lowest BCUT2D eigenvalue weighted by atomic mass is 9.96. The summed E-state index contributed by atoms with van der Waals surface area (Å²) < 4.78 is 0. The molecule has 0 aromatic rings. The molecule has 0 aliphatic heterocycles. The van der Waals surface area contributed by atoms with Gasteiger partial charge in [0.15, 0.2) is 0 Å². The number of hydrogen-bond acceptors (Lipinski definition) is 3.